The van der Waals surface area contributed by atoms with Crippen molar-refractivity contribution in [2.24, 2.45) is 5.73 Å². The number of amidine groups is 1. The zero-order chi connectivity index (χ0) is 14.5. The Morgan fingerprint density at radius 1 is 1.50 bits per heavy atom. The number of aliphatic hydroxyl groups is 1. The molecule has 1 aromatic carbocycles. The van der Waals surface area contributed by atoms with Crippen LogP contribution in [0.3, 0.4) is 0 Å². The van der Waals surface area contributed by atoms with Crippen molar-refractivity contribution in [2.75, 3.05) is 13.2 Å². The Kier molecular flexibility index (Phi) is 5.40. The Labute approximate surface area is 125 Å². The lowest BCUT2D eigenvalue weighted by molar-refractivity contribution is 0.210. The van der Waals surface area contributed by atoms with Gasteiger partial charge in [-0.25, -0.2) is 0 Å². The van der Waals surface area contributed by atoms with E-state index >= 15 is 0 Å². The zero-order valence-electron chi connectivity index (χ0n) is 11.6. The zero-order valence-corrected chi connectivity index (χ0v) is 12.4. The predicted octanol–water partition coefficient (Wildman–Crippen LogP) is 2.36. The minimum atomic E-state index is 0.0421. The van der Waals surface area contributed by atoms with Crippen LogP contribution in [0.4, 0.5) is 0 Å². The number of hydrogen-bond donors (Lipinski definition) is 3. The minimum absolute atomic E-state index is 0.0421. The lowest BCUT2D eigenvalue weighted by Crippen LogP contribution is -2.29. The largest absolute Gasteiger partial charge is 0.396 e. The maximum Gasteiger partial charge on any atom is 0.122 e. The predicted molar refractivity (Wildman–Crippen MR) is 82.2 cm³/mol. The number of rotatable bonds is 6. The normalized spacial score (nSPS) is 19.4. The van der Waals surface area contributed by atoms with Crippen molar-refractivity contribution in [3.63, 3.8) is 0 Å². The Morgan fingerprint density at radius 3 is 2.95 bits per heavy atom. The molecule has 1 heterocycles. The first kappa shape index (κ1) is 15.3. The molecule has 0 spiro atoms. The van der Waals surface area contributed by atoms with E-state index in [1.165, 1.54) is 12.8 Å². The quantitative estimate of drug-likeness (QED) is 0.557. The van der Waals surface area contributed by atoms with E-state index in [0.29, 0.717) is 16.6 Å². The molecule has 1 aliphatic heterocycles. The second-order valence-electron chi connectivity index (χ2n) is 5.35. The summed E-state index contributed by atoms with van der Waals surface area (Å²) >= 11 is 6.29. The summed E-state index contributed by atoms with van der Waals surface area (Å²) in [6, 6.07) is 6.12. The van der Waals surface area contributed by atoms with Crippen molar-refractivity contribution in [1.29, 1.82) is 5.41 Å². The van der Waals surface area contributed by atoms with Crippen LogP contribution in [0.25, 0.3) is 0 Å². The first-order chi connectivity index (χ1) is 9.61. The molecule has 0 aliphatic carbocycles. The average molecular weight is 296 g/mol. The maximum absolute atomic E-state index is 8.96. The van der Waals surface area contributed by atoms with Gasteiger partial charge in [0.15, 0.2) is 0 Å². The molecule has 20 heavy (non-hydrogen) atoms. The molecule has 1 saturated heterocycles. The monoisotopic (exact) mass is 295 g/mol. The molecule has 1 aliphatic rings. The summed E-state index contributed by atoms with van der Waals surface area (Å²) in [6.45, 7) is 2.17. The number of benzene rings is 1. The van der Waals surface area contributed by atoms with Crippen molar-refractivity contribution in [3.8, 4) is 0 Å². The second-order valence-corrected chi connectivity index (χ2v) is 5.76. The summed E-state index contributed by atoms with van der Waals surface area (Å²) in [6.07, 6.45) is 4.31. The van der Waals surface area contributed by atoms with E-state index in [4.69, 9.17) is 27.9 Å². The summed E-state index contributed by atoms with van der Waals surface area (Å²) in [5.74, 6) is 0.0421. The summed E-state index contributed by atoms with van der Waals surface area (Å²) in [7, 11) is 0. The van der Waals surface area contributed by atoms with E-state index in [0.717, 1.165) is 31.5 Å². The summed E-state index contributed by atoms with van der Waals surface area (Å²) in [5, 5.41) is 17.0. The van der Waals surface area contributed by atoms with Crippen LogP contribution in [0.5, 0.6) is 0 Å². The van der Waals surface area contributed by atoms with E-state index in [-0.39, 0.29) is 12.4 Å². The molecule has 5 heteroatoms. The van der Waals surface area contributed by atoms with E-state index in [9.17, 15) is 0 Å². The van der Waals surface area contributed by atoms with Crippen molar-refractivity contribution in [2.45, 2.75) is 38.3 Å². The maximum atomic E-state index is 8.96. The van der Waals surface area contributed by atoms with Crippen LogP contribution in [-0.2, 0) is 6.54 Å². The van der Waals surface area contributed by atoms with E-state index in [1.54, 1.807) is 6.07 Å². The molecular formula is C15H22ClN3O. The second kappa shape index (κ2) is 7.07. The number of nitrogen functional groups attached to an aromatic ring is 1. The molecule has 110 valence electrons. The van der Waals surface area contributed by atoms with E-state index in [1.807, 2.05) is 12.1 Å². The lowest BCUT2D eigenvalue weighted by Gasteiger charge is -2.24. The molecular weight excluding hydrogens is 274 g/mol. The van der Waals surface area contributed by atoms with Gasteiger partial charge in [0.25, 0.3) is 0 Å². The Bertz CT molecular complexity index is 478. The van der Waals surface area contributed by atoms with E-state index in [2.05, 4.69) is 4.90 Å². The highest BCUT2D eigenvalue weighted by Crippen LogP contribution is 2.26. The van der Waals surface area contributed by atoms with Crippen molar-refractivity contribution in [3.05, 3.63) is 34.3 Å². The average Bonchev–Trinajstić information content (AvgIpc) is 2.85. The molecule has 2 rings (SSSR count). The number of nitrogens with two attached hydrogens (primary N) is 1. The van der Waals surface area contributed by atoms with Gasteiger partial charge in [0.2, 0.25) is 0 Å². The van der Waals surface area contributed by atoms with Crippen LogP contribution in [0, 0.1) is 5.41 Å². The Balaban J connectivity index is 2.03. The van der Waals surface area contributed by atoms with Gasteiger partial charge in [-0.3, -0.25) is 10.3 Å². The molecule has 0 amide bonds. The highest BCUT2D eigenvalue weighted by molar-refractivity contribution is 6.31. The van der Waals surface area contributed by atoms with Crippen LogP contribution in [0.2, 0.25) is 5.02 Å². The fourth-order valence-corrected chi connectivity index (χ4v) is 3.06. The molecule has 1 atom stereocenters. The molecule has 1 fully saturated rings. The van der Waals surface area contributed by atoms with Gasteiger partial charge in [-0.15, -0.1) is 0 Å². The van der Waals surface area contributed by atoms with Gasteiger partial charge in [-0.05, 0) is 43.9 Å². The molecule has 1 aromatic rings. The lowest BCUT2D eigenvalue weighted by atomic mass is 10.1. The Hall–Kier alpha value is -1.10. The highest BCUT2D eigenvalue weighted by atomic mass is 35.5. The number of likely N-dealkylation sites (tertiary alicyclic amines) is 1. The molecule has 0 aromatic heterocycles. The number of aliphatic hydroxyl groups excluding tert-OH is 1. The molecule has 4 N–H and O–H groups in total. The fraction of sp³-hybridized carbons (Fsp3) is 0.533. The van der Waals surface area contributed by atoms with Gasteiger partial charge in [-0.2, -0.15) is 0 Å². The third-order valence-corrected chi connectivity index (χ3v) is 4.28. The SMILES string of the molecule is N=C(N)c1ccc(CN2CCCC2CCCO)c(Cl)c1. The van der Waals surface area contributed by atoms with Gasteiger partial charge in [-0.1, -0.05) is 23.7 Å². The van der Waals surface area contributed by atoms with Crippen LogP contribution < -0.4 is 5.73 Å². The first-order valence-electron chi connectivity index (χ1n) is 7.09. The van der Waals surface area contributed by atoms with Gasteiger partial charge in [0.1, 0.15) is 5.84 Å². The minimum Gasteiger partial charge on any atom is -0.396 e. The number of hydrogen-bond acceptors (Lipinski definition) is 3. The first-order valence-corrected chi connectivity index (χ1v) is 7.47. The van der Waals surface area contributed by atoms with Crippen LogP contribution in [0.1, 0.15) is 36.8 Å². The van der Waals surface area contributed by atoms with Gasteiger partial charge < -0.3 is 10.8 Å². The summed E-state index contributed by atoms with van der Waals surface area (Å²) < 4.78 is 0. The van der Waals surface area contributed by atoms with Crippen LogP contribution >= 0.6 is 11.6 Å². The molecule has 0 radical (unpaired) electrons. The summed E-state index contributed by atoms with van der Waals surface area (Å²) in [4.78, 5) is 2.43. The molecule has 0 bridgehead atoms. The number of nitrogens with zero attached hydrogens (tertiary/aromatic N) is 1. The van der Waals surface area contributed by atoms with Crippen molar-refractivity contribution in [1.82, 2.24) is 4.90 Å². The van der Waals surface area contributed by atoms with Gasteiger partial charge in [0.05, 0.1) is 0 Å². The van der Waals surface area contributed by atoms with Gasteiger partial charge in [0, 0.05) is 29.8 Å². The third kappa shape index (κ3) is 3.72. The van der Waals surface area contributed by atoms with Crippen molar-refractivity contribution >= 4 is 17.4 Å². The highest BCUT2D eigenvalue weighted by Gasteiger charge is 2.24. The van der Waals surface area contributed by atoms with Crippen LogP contribution in [0.15, 0.2) is 18.2 Å². The van der Waals surface area contributed by atoms with Gasteiger partial charge >= 0.3 is 0 Å². The topological polar surface area (TPSA) is 73.3 Å². The smallest absolute Gasteiger partial charge is 0.122 e. The fourth-order valence-electron chi connectivity index (χ4n) is 2.82. The third-order valence-electron chi connectivity index (χ3n) is 3.93. The van der Waals surface area contributed by atoms with E-state index < -0.39 is 0 Å². The molecule has 1 unspecified atom stereocenters. The summed E-state index contributed by atoms with van der Waals surface area (Å²) in [5.41, 5.74) is 7.20. The van der Waals surface area contributed by atoms with Crippen LogP contribution in [-0.4, -0.2) is 35.0 Å². The van der Waals surface area contributed by atoms with Crippen molar-refractivity contribution < 1.29 is 5.11 Å². The standard InChI is InChI=1S/C15H22ClN3O/c16-14-9-11(15(17)18)5-6-12(14)10-19-7-1-3-13(19)4-2-8-20/h5-6,9,13,20H,1-4,7-8,10H2,(H3,17,18). The number of nitrogens with one attached hydrogen (secondary N) is 1. The molecule has 4 nitrogen and oxygen atoms in total. The molecule has 0 saturated carbocycles. The number of halogens is 1. The Morgan fingerprint density at radius 2 is 2.30 bits per heavy atom.